The van der Waals surface area contributed by atoms with Crippen LogP contribution in [0.15, 0.2) is 36.0 Å². The van der Waals surface area contributed by atoms with Crippen LogP contribution in [0, 0.1) is 46.8 Å². The van der Waals surface area contributed by atoms with Gasteiger partial charge in [0.15, 0.2) is 0 Å². The van der Waals surface area contributed by atoms with E-state index in [2.05, 4.69) is 46.8 Å². The highest BCUT2D eigenvalue weighted by molar-refractivity contribution is 5.80. The van der Waals surface area contributed by atoms with Gasteiger partial charge in [-0.3, -0.25) is 0 Å². The molecule has 0 heterocycles. The molecule has 3 rings (SSSR count). The van der Waals surface area contributed by atoms with E-state index in [1.807, 2.05) is 6.08 Å². The number of carboxylic acids is 1. The molecule has 3 nitrogen and oxygen atoms in total. The maximum absolute atomic E-state index is 10.8. The average molecular weight is 373 g/mol. The number of carboxylic acid groups (broad SMARTS) is 1. The number of aliphatic hydroxyl groups excluding tert-OH is 1. The summed E-state index contributed by atoms with van der Waals surface area (Å²) < 4.78 is 0. The van der Waals surface area contributed by atoms with E-state index in [4.69, 9.17) is 5.11 Å². The minimum Gasteiger partial charge on any atom is -0.478 e. The van der Waals surface area contributed by atoms with Gasteiger partial charge in [0.05, 0.1) is 6.10 Å². The highest BCUT2D eigenvalue weighted by atomic mass is 16.4. The molecule has 2 N–H and O–H groups in total. The molecule has 0 amide bonds. The predicted octanol–water partition coefficient (Wildman–Crippen LogP) is 5.08. The van der Waals surface area contributed by atoms with Crippen LogP contribution >= 0.6 is 0 Å². The van der Waals surface area contributed by atoms with E-state index in [9.17, 15) is 9.90 Å². The second kappa shape index (κ2) is 7.58. The van der Waals surface area contributed by atoms with Gasteiger partial charge in [0.1, 0.15) is 0 Å². The molecule has 27 heavy (non-hydrogen) atoms. The predicted molar refractivity (Wildman–Crippen MR) is 109 cm³/mol. The summed E-state index contributed by atoms with van der Waals surface area (Å²) in [5.41, 5.74) is 1.73. The van der Waals surface area contributed by atoms with Crippen molar-refractivity contribution < 1.29 is 15.0 Å². The molecule has 0 aromatic carbocycles. The molecular formula is C24H36O3. The summed E-state index contributed by atoms with van der Waals surface area (Å²) in [5, 5.41) is 19.7. The van der Waals surface area contributed by atoms with E-state index in [1.54, 1.807) is 6.08 Å². The molecule has 0 bridgehead atoms. The van der Waals surface area contributed by atoms with Crippen molar-refractivity contribution in [1.29, 1.82) is 0 Å². The lowest BCUT2D eigenvalue weighted by atomic mass is 9.53. The van der Waals surface area contributed by atoms with E-state index < -0.39 is 5.97 Å². The van der Waals surface area contributed by atoms with Crippen LogP contribution in [0.4, 0.5) is 0 Å². The van der Waals surface area contributed by atoms with Gasteiger partial charge in [0, 0.05) is 6.08 Å². The number of fused-ring (bicyclic) bond motifs is 3. The van der Waals surface area contributed by atoms with Crippen LogP contribution in [0.3, 0.4) is 0 Å². The van der Waals surface area contributed by atoms with Crippen LogP contribution in [0.2, 0.25) is 0 Å². The molecule has 0 aliphatic heterocycles. The van der Waals surface area contributed by atoms with Crippen LogP contribution in [-0.2, 0) is 4.79 Å². The number of hydrogen-bond acceptors (Lipinski definition) is 2. The summed E-state index contributed by atoms with van der Waals surface area (Å²) in [7, 11) is 0. The van der Waals surface area contributed by atoms with Crippen LogP contribution in [0.5, 0.6) is 0 Å². The highest BCUT2D eigenvalue weighted by Gasteiger charge is 2.68. The van der Waals surface area contributed by atoms with E-state index in [1.165, 1.54) is 18.1 Å². The third-order valence-corrected chi connectivity index (χ3v) is 7.58. The lowest BCUT2D eigenvalue weighted by Crippen LogP contribution is -2.49. The normalized spacial score (nSPS) is 44.6. The van der Waals surface area contributed by atoms with Crippen molar-refractivity contribution in [2.24, 2.45) is 46.8 Å². The molecule has 3 fully saturated rings. The molecule has 0 spiro atoms. The van der Waals surface area contributed by atoms with Crippen molar-refractivity contribution in [3.8, 4) is 0 Å². The molecule has 8 atom stereocenters. The van der Waals surface area contributed by atoms with Gasteiger partial charge in [-0.15, -0.1) is 0 Å². The lowest BCUT2D eigenvalue weighted by Gasteiger charge is -2.52. The number of aliphatic carboxylic acids is 1. The smallest absolute Gasteiger partial charge is 0.328 e. The molecule has 150 valence electrons. The van der Waals surface area contributed by atoms with E-state index >= 15 is 0 Å². The summed E-state index contributed by atoms with van der Waals surface area (Å²) in [5.74, 6) is 2.53. The Labute approximate surface area is 164 Å². The quantitative estimate of drug-likeness (QED) is 0.402. The topological polar surface area (TPSA) is 57.5 Å². The third-order valence-electron chi connectivity index (χ3n) is 7.58. The average Bonchev–Trinajstić information content (AvgIpc) is 3.24. The van der Waals surface area contributed by atoms with Gasteiger partial charge in [0.25, 0.3) is 0 Å². The highest BCUT2D eigenvalue weighted by Crippen LogP contribution is 2.73. The third kappa shape index (κ3) is 3.81. The molecule has 0 aromatic rings. The summed E-state index contributed by atoms with van der Waals surface area (Å²) in [6.07, 6.45) is 12.4. The Morgan fingerprint density at radius 1 is 1.19 bits per heavy atom. The van der Waals surface area contributed by atoms with E-state index in [-0.39, 0.29) is 11.5 Å². The molecule has 0 radical (unpaired) electrons. The summed E-state index contributed by atoms with van der Waals surface area (Å²) in [6, 6.07) is 0. The van der Waals surface area contributed by atoms with Crippen LogP contribution in [0.1, 0.15) is 53.9 Å². The zero-order chi connectivity index (χ0) is 19.9. The van der Waals surface area contributed by atoms with Crippen molar-refractivity contribution in [2.75, 3.05) is 0 Å². The van der Waals surface area contributed by atoms with Gasteiger partial charge in [-0.25, -0.2) is 4.79 Å². The SMILES string of the molecule is CC(=CC(C)C)[C@H]1[C@@H](C=CC=CC(=O)O)[C@H]2[C@@H]([C@H]3C[C@]31C)[C@@H](O)CC[C@@H]2C. The fraction of sp³-hybridized carbons (Fsp3) is 0.708. The zero-order valence-corrected chi connectivity index (χ0v) is 17.4. The largest absolute Gasteiger partial charge is 0.478 e. The summed E-state index contributed by atoms with van der Waals surface area (Å²) in [4.78, 5) is 10.8. The van der Waals surface area contributed by atoms with E-state index in [0.717, 1.165) is 12.8 Å². The standard InChI is InChI=1S/C24H36O3/c1-14(2)12-16(4)23-17(8-6-7-9-20(26)27)21-15(3)10-11-19(25)22(21)18-13-24(18,23)5/h6-9,12,14-15,17-19,21-23,25H,10-11,13H2,1-5H3,(H,26,27)/t15-,17-,18+,19-,21-,22-,23-,24+/m0/s1. The summed E-state index contributed by atoms with van der Waals surface area (Å²) in [6.45, 7) is 11.5. The van der Waals surface area contributed by atoms with Gasteiger partial charge in [0.2, 0.25) is 0 Å². The van der Waals surface area contributed by atoms with Gasteiger partial charge in [-0.2, -0.15) is 0 Å². The Hall–Kier alpha value is -1.35. The number of rotatable bonds is 5. The minimum absolute atomic E-state index is 0.182. The first-order valence-corrected chi connectivity index (χ1v) is 10.6. The van der Waals surface area contributed by atoms with Crippen molar-refractivity contribution in [3.63, 3.8) is 0 Å². The first-order valence-electron chi connectivity index (χ1n) is 10.6. The molecule has 3 aliphatic rings. The second-order valence-corrected chi connectivity index (χ2v) is 9.89. The fourth-order valence-electron chi connectivity index (χ4n) is 6.66. The lowest BCUT2D eigenvalue weighted by molar-refractivity contribution is -0.131. The first-order chi connectivity index (χ1) is 12.7. The van der Waals surface area contributed by atoms with Crippen LogP contribution in [-0.4, -0.2) is 22.3 Å². The van der Waals surface area contributed by atoms with Gasteiger partial charge in [-0.05, 0) is 73.0 Å². The molecule has 0 aromatic heterocycles. The minimum atomic E-state index is -0.913. The Morgan fingerprint density at radius 3 is 2.52 bits per heavy atom. The number of aliphatic hydroxyl groups is 1. The van der Waals surface area contributed by atoms with Crippen LogP contribution in [0.25, 0.3) is 0 Å². The van der Waals surface area contributed by atoms with Crippen molar-refractivity contribution in [1.82, 2.24) is 0 Å². The Morgan fingerprint density at radius 2 is 1.89 bits per heavy atom. The molecule has 3 heteroatoms. The molecule has 0 unspecified atom stereocenters. The maximum Gasteiger partial charge on any atom is 0.328 e. The zero-order valence-electron chi connectivity index (χ0n) is 17.4. The Bertz CT molecular complexity index is 659. The fourth-order valence-corrected chi connectivity index (χ4v) is 6.66. The molecule has 3 saturated carbocycles. The monoisotopic (exact) mass is 372 g/mol. The van der Waals surface area contributed by atoms with Gasteiger partial charge in [-0.1, -0.05) is 57.6 Å². The second-order valence-electron chi connectivity index (χ2n) is 9.89. The number of allylic oxidation sites excluding steroid dienone is 5. The van der Waals surface area contributed by atoms with Crippen molar-refractivity contribution in [3.05, 3.63) is 36.0 Å². The Balaban J connectivity index is 2.00. The van der Waals surface area contributed by atoms with Gasteiger partial charge >= 0.3 is 5.97 Å². The summed E-state index contributed by atoms with van der Waals surface area (Å²) >= 11 is 0. The van der Waals surface area contributed by atoms with Crippen LogP contribution < -0.4 is 0 Å². The maximum atomic E-state index is 10.8. The number of hydrogen-bond donors (Lipinski definition) is 2. The first kappa shape index (κ1) is 20.4. The van der Waals surface area contributed by atoms with Gasteiger partial charge < -0.3 is 10.2 Å². The van der Waals surface area contributed by atoms with Crippen molar-refractivity contribution in [2.45, 2.75) is 60.0 Å². The van der Waals surface area contributed by atoms with Crippen molar-refractivity contribution >= 4 is 5.97 Å². The Kier molecular flexibility index (Phi) is 5.72. The van der Waals surface area contributed by atoms with E-state index in [0.29, 0.717) is 41.4 Å². The molecule has 0 saturated heterocycles. The molecular weight excluding hydrogens is 336 g/mol. The molecule has 3 aliphatic carbocycles. The number of carbonyl (C=O) groups is 1.